The molecule has 3 N–H and O–H groups in total. The molecule has 4 rings (SSSR count). The number of carbonyl (C=O) groups is 1. The van der Waals surface area contributed by atoms with E-state index in [0.717, 1.165) is 47.5 Å². The van der Waals surface area contributed by atoms with Gasteiger partial charge in [0.15, 0.2) is 0 Å². The van der Waals surface area contributed by atoms with Crippen LogP contribution in [0, 0.1) is 5.92 Å². The number of imidazole rings is 1. The fourth-order valence-corrected chi connectivity index (χ4v) is 3.66. The minimum absolute atomic E-state index is 0. The third-order valence-corrected chi connectivity index (χ3v) is 5.34. The van der Waals surface area contributed by atoms with E-state index in [9.17, 15) is 4.79 Å². The third-order valence-electron chi connectivity index (χ3n) is 5.34. The first-order chi connectivity index (χ1) is 13.3. The zero-order valence-electron chi connectivity index (χ0n) is 15.9. The van der Waals surface area contributed by atoms with E-state index in [4.69, 9.17) is 0 Å². The van der Waals surface area contributed by atoms with Crippen LogP contribution >= 0.6 is 12.4 Å². The second-order valence-corrected chi connectivity index (χ2v) is 7.31. The molecule has 0 radical (unpaired) electrons. The van der Waals surface area contributed by atoms with Crippen molar-refractivity contribution in [3.8, 4) is 11.4 Å². The summed E-state index contributed by atoms with van der Waals surface area (Å²) in [6.45, 7) is 2.75. The second-order valence-electron chi connectivity index (χ2n) is 7.31. The third kappa shape index (κ3) is 5.12. The number of hydrogen-bond donors (Lipinski definition) is 3. The van der Waals surface area contributed by atoms with E-state index in [0.29, 0.717) is 18.9 Å². The lowest BCUT2D eigenvalue weighted by Gasteiger charge is -2.22. The number of H-pyrrole nitrogens is 1. The largest absolute Gasteiger partial charge is 0.352 e. The van der Waals surface area contributed by atoms with Crippen LogP contribution in [-0.4, -0.2) is 29.0 Å². The van der Waals surface area contributed by atoms with Crippen LogP contribution in [0.1, 0.15) is 31.2 Å². The number of hydrogen-bond acceptors (Lipinski definition) is 3. The molecule has 0 bridgehead atoms. The smallest absolute Gasteiger partial charge is 0.220 e. The maximum absolute atomic E-state index is 12.1. The van der Waals surface area contributed by atoms with Crippen molar-refractivity contribution in [3.63, 3.8) is 0 Å². The van der Waals surface area contributed by atoms with Crippen molar-refractivity contribution in [1.29, 1.82) is 0 Å². The molecule has 0 unspecified atom stereocenters. The molecule has 1 aromatic heterocycles. The van der Waals surface area contributed by atoms with Crippen molar-refractivity contribution in [2.45, 2.75) is 32.2 Å². The van der Waals surface area contributed by atoms with Gasteiger partial charge in [0.2, 0.25) is 5.91 Å². The first kappa shape index (κ1) is 20.4. The van der Waals surface area contributed by atoms with Gasteiger partial charge >= 0.3 is 0 Å². The summed E-state index contributed by atoms with van der Waals surface area (Å²) in [5.74, 6) is 1.71. The highest BCUT2D eigenvalue weighted by Crippen LogP contribution is 2.21. The monoisotopic (exact) mass is 398 g/mol. The first-order valence-electron chi connectivity index (χ1n) is 9.79. The number of aromatic nitrogens is 2. The molecule has 2 aromatic carbocycles. The van der Waals surface area contributed by atoms with Gasteiger partial charge in [0.1, 0.15) is 5.82 Å². The van der Waals surface area contributed by atoms with Gasteiger partial charge in [-0.3, -0.25) is 4.79 Å². The number of carbonyl (C=O) groups excluding carboxylic acids is 1. The van der Waals surface area contributed by atoms with Gasteiger partial charge < -0.3 is 15.6 Å². The topological polar surface area (TPSA) is 69.8 Å². The van der Waals surface area contributed by atoms with Gasteiger partial charge in [-0.05, 0) is 56.0 Å². The SMILES string of the molecule is Cl.O=C(CCC1CCNCC1)NCc1ccc(-c2nc3ccccc3[nH]2)cc1. The maximum Gasteiger partial charge on any atom is 0.220 e. The molecule has 0 spiro atoms. The minimum atomic E-state index is 0. The van der Waals surface area contributed by atoms with Crippen molar-refractivity contribution >= 4 is 29.3 Å². The Morgan fingerprint density at radius 2 is 1.82 bits per heavy atom. The predicted octanol–water partition coefficient (Wildman–Crippen LogP) is 4.05. The summed E-state index contributed by atoms with van der Waals surface area (Å²) in [5, 5.41) is 6.41. The van der Waals surface area contributed by atoms with Gasteiger partial charge in [-0.25, -0.2) is 4.98 Å². The highest BCUT2D eigenvalue weighted by molar-refractivity contribution is 5.85. The molecule has 148 valence electrons. The van der Waals surface area contributed by atoms with Crippen molar-refractivity contribution in [1.82, 2.24) is 20.6 Å². The van der Waals surface area contributed by atoms with Gasteiger partial charge in [-0.2, -0.15) is 0 Å². The Morgan fingerprint density at radius 3 is 2.57 bits per heavy atom. The summed E-state index contributed by atoms with van der Waals surface area (Å²) in [6.07, 6.45) is 4.01. The van der Waals surface area contributed by atoms with E-state index in [1.807, 2.05) is 36.4 Å². The Hall–Kier alpha value is -2.37. The van der Waals surface area contributed by atoms with Crippen molar-refractivity contribution < 1.29 is 4.79 Å². The molecule has 28 heavy (non-hydrogen) atoms. The average molecular weight is 399 g/mol. The molecule has 1 fully saturated rings. The van der Waals surface area contributed by atoms with Crippen LogP contribution in [0.25, 0.3) is 22.4 Å². The zero-order valence-corrected chi connectivity index (χ0v) is 16.7. The molecule has 1 aliphatic rings. The highest BCUT2D eigenvalue weighted by atomic mass is 35.5. The van der Waals surface area contributed by atoms with Crippen LogP contribution in [0.3, 0.4) is 0 Å². The van der Waals surface area contributed by atoms with E-state index < -0.39 is 0 Å². The summed E-state index contributed by atoms with van der Waals surface area (Å²) < 4.78 is 0. The average Bonchev–Trinajstić information content (AvgIpc) is 3.16. The lowest BCUT2D eigenvalue weighted by molar-refractivity contribution is -0.121. The van der Waals surface area contributed by atoms with Crippen LogP contribution in [0.5, 0.6) is 0 Å². The number of nitrogens with zero attached hydrogens (tertiary/aromatic N) is 1. The van der Waals surface area contributed by atoms with Crippen LogP contribution < -0.4 is 10.6 Å². The van der Waals surface area contributed by atoms with Crippen LogP contribution in [0.4, 0.5) is 0 Å². The van der Waals surface area contributed by atoms with Gasteiger partial charge in [0, 0.05) is 18.5 Å². The molecule has 3 aromatic rings. The van der Waals surface area contributed by atoms with Crippen molar-refractivity contribution in [2.24, 2.45) is 5.92 Å². The maximum atomic E-state index is 12.1. The van der Waals surface area contributed by atoms with E-state index in [-0.39, 0.29) is 18.3 Å². The molecule has 5 nitrogen and oxygen atoms in total. The Kier molecular flexibility index (Phi) is 7.06. The van der Waals surface area contributed by atoms with Gasteiger partial charge in [-0.15, -0.1) is 12.4 Å². The number of fused-ring (bicyclic) bond motifs is 1. The van der Waals surface area contributed by atoms with Crippen molar-refractivity contribution in [3.05, 3.63) is 54.1 Å². The summed E-state index contributed by atoms with van der Waals surface area (Å²) in [4.78, 5) is 20.1. The molecule has 0 atom stereocenters. The Morgan fingerprint density at radius 1 is 1.07 bits per heavy atom. The molecule has 0 aliphatic carbocycles. The van der Waals surface area contributed by atoms with E-state index in [1.54, 1.807) is 0 Å². The predicted molar refractivity (Wildman–Crippen MR) is 115 cm³/mol. The highest BCUT2D eigenvalue weighted by Gasteiger charge is 2.14. The van der Waals surface area contributed by atoms with Gasteiger partial charge in [0.05, 0.1) is 11.0 Å². The second kappa shape index (κ2) is 9.71. The number of rotatable bonds is 6. The number of amides is 1. The number of benzene rings is 2. The first-order valence-corrected chi connectivity index (χ1v) is 9.79. The number of piperidine rings is 1. The summed E-state index contributed by atoms with van der Waals surface area (Å²) in [7, 11) is 0. The molecule has 1 saturated heterocycles. The Labute approximate surface area is 171 Å². The fraction of sp³-hybridized carbons (Fsp3) is 0.364. The van der Waals surface area contributed by atoms with Crippen molar-refractivity contribution in [2.75, 3.05) is 13.1 Å². The molecule has 2 heterocycles. The van der Waals surface area contributed by atoms with Gasteiger partial charge in [0.25, 0.3) is 0 Å². The number of aromatic amines is 1. The fourth-order valence-electron chi connectivity index (χ4n) is 3.66. The zero-order chi connectivity index (χ0) is 18.5. The molecular weight excluding hydrogens is 372 g/mol. The number of para-hydroxylation sites is 2. The number of nitrogens with one attached hydrogen (secondary N) is 3. The minimum Gasteiger partial charge on any atom is -0.352 e. The molecule has 1 amide bonds. The summed E-state index contributed by atoms with van der Waals surface area (Å²) in [6, 6.07) is 16.2. The van der Waals surface area contributed by atoms with E-state index in [2.05, 4.69) is 32.7 Å². The number of halogens is 1. The standard InChI is InChI=1S/C22H26N4O.ClH/c27-21(10-7-16-11-13-23-14-12-16)24-15-17-5-8-18(9-6-17)22-25-19-3-1-2-4-20(19)26-22;/h1-6,8-9,16,23H,7,10-15H2,(H,24,27)(H,25,26);1H. The van der Waals surface area contributed by atoms with E-state index in [1.165, 1.54) is 12.8 Å². The van der Waals surface area contributed by atoms with Crippen LogP contribution in [0.2, 0.25) is 0 Å². The lowest BCUT2D eigenvalue weighted by Crippen LogP contribution is -2.29. The van der Waals surface area contributed by atoms with Gasteiger partial charge in [-0.1, -0.05) is 36.4 Å². The quantitative estimate of drug-likeness (QED) is 0.586. The molecular formula is C22H27ClN4O. The van der Waals surface area contributed by atoms with Crippen LogP contribution in [0.15, 0.2) is 48.5 Å². The molecule has 1 aliphatic heterocycles. The lowest BCUT2D eigenvalue weighted by atomic mass is 9.93. The summed E-state index contributed by atoms with van der Waals surface area (Å²) >= 11 is 0. The normalized spacial score (nSPS) is 14.6. The summed E-state index contributed by atoms with van der Waals surface area (Å²) in [5.41, 5.74) is 4.16. The molecule has 0 saturated carbocycles. The Balaban J connectivity index is 0.00000225. The Bertz CT molecular complexity index is 867. The van der Waals surface area contributed by atoms with E-state index >= 15 is 0 Å². The van der Waals surface area contributed by atoms with Crippen LogP contribution in [-0.2, 0) is 11.3 Å². The molecule has 6 heteroatoms.